The van der Waals surface area contributed by atoms with Crippen molar-refractivity contribution in [3.8, 4) is 5.75 Å². The Morgan fingerprint density at radius 1 is 1.10 bits per heavy atom. The highest BCUT2D eigenvalue weighted by Gasteiger charge is 2.03. The second kappa shape index (κ2) is 7.89. The molecule has 0 fully saturated rings. The smallest absolute Gasteiger partial charge is 0.162 e. The lowest BCUT2D eigenvalue weighted by molar-refractivity contribution is 0.0988. The SMILES string of the molecule is CCC(=O)c1ccc(SCCOc2ccccc2C)cc1. The molecule has 0 spiro atoms. The lowest BCUT2D eigenvalue weighted by Crippen LogP contribution is -2.01. The van der Waals surface area contributed by atoms with Gasteiger partial charge in [-0.1, -0.05) is 37.3 Å². The molecule has 0 aliphatic carbocycles. The Morgan fingerprint density at radius 3 is 2.48 bits per heavy atom. The maximum atomic E-state index is 11.5. The number of para-hydroxylation sites is 1. The van der Waals surface area contributed by atoms with Crippen molar-refractivity contribution in [2.45, 2.75) is 25.2 Å². The lowest BCUT2D eigenvalue weighted by atomic mass is 10.1. The van der Waals surface area contributed by atoms with Crippen molar-refractivity contribution >= 4 is 17.5 Å². The number of hydrogen-bond donors (Lipinski definition) is 0. The van der Waals surface area contributed by atoms with Gasteiger partial charge in [0, 0.05) is 22.6 Å². The van der Waals surface area contributed by atoms with Crippen molar-refractivity contribution < 1.29 is 9.53 Å². The van der Waals surface area contributed by atoms with Crippen LogP contribution in [0.3, 0.4) is 0 Å². The van der Waals surface area contributed by atoms with E-state index >= 15 is 0 Å². The van der Waals surface area contributed by atoms with E-state index in [1.54, 1.807) is 11.8 Å². The third kappa shape index (κ3) is 4.64. The molecule has 3 heteroatoms. The number of rotatable bonds is 7. The number of ketones is 1. The summed E-state index contributed by atoms with van der Waals surface area (Å²) in [6.07, 6.45) is 0.552. The number of hydrogen-bond acceptors (Lipinski definition) is 3. The van der Waals surface area contributed by atoms with Crippen molar-refractivity contribution in [1.29, 1.82) is 0 Å². The first-order chi connectivity index (χ1) is 10.2. The highest BCUT2D eigenvalue weighted by molar-refractivity contribution is 7.99. The zero-order valence-electron chi connectivity index (χ0n) is 12.5. The lowest BCUT2D eigenvalue weighted by Gasteiger charge is -2.08. The third-order valence-corrected chi connectivity index (χ3v) is 4.18. The standard InChI is InChI=1S/C18H20O2S/c1-3-17(19)15-8-10-16(11-9-15)21-13-12-20-18-7-5-4-6-14(18)2/h4-11H,3,12-13H2,1-2H3. The van der Waals surface area contributed by atoms with Gasteiger partial charge in [0.1, 0.15) is 5.75 Å². The van der Waals surface area contributed by atoms with Gasteiger partial charge < -0.3 is 4.74 Å². The molecule has 2 aromatic rings. The number of carbonyl (C=O) groups excluding carboxylic acids is 1. The zero-order valence-corrected chi connectivity index (χ0v) is 13.3. The number of aryl methyl sites for hydroxylation is 1. The van der Waals surface area contributed by atoms with Gasteiger partial charge in [-0.2, -0.15) is 0 Å². The minimum Gasteiger partial charge on any atom is -0.492 e. The average molecular weight is 300 g/mol. The first-order valence-corrected chi connectivity index (χ1v) is 8.13. The van der Waals surface area contributed by atoms with Crippen LogP contribution in [0.5, 0.6) is 5.75 Å². The van der Waals surface area contributed by atoms with E-state index in [1.165, 1.54) is 0 Å². The molecule has 0 heterocycles. The van der Waals surface area contributed by atoms with E-state index in [-0.39, 0.29) is 5.78 Å². The topological polar surface area (TPSA) is 26.3 Å². The van der Waals surface area contributed by atoms with Gasteiger partial charge in [-0.05, 0) is 30.7 Å². The molecule has 0 N–H and O–H groups in total. The molecule has 0 atom stereocenters. The van der Waals surface area contributed by atoms with E-state index in [9.17, 15) is 4.79 Å². The van der Waals surface area contributed by atoms with Crippen molar-refractivity contribution in [2.75, 3.05) is 12.4 Å². The molecule has 0 saturated heterocycles. The van der Waals surface area contributed by atoms with Crippen molar-refractivity contribution in [3.63, 3.8) is 0 Å². The first kappa shape index (κ1) is 15.6. The van der Waals surface area contributed by atoms with Crippen LogP contribution in [0.15, 0.2) is 53.4 Å². The number of Topliss-reactive ketones (excluding diaryl/α,β-unsaturated/α-hetero) is 1. The molecule has 2 rings (SSSR count). The highest BCUT2D eigenvalue weighted by atomic mass is 32.2. The summed E-state index contributed by atoms with van der Waals surface area (Å²) in [6, 6.07) is 15.8. The Labute approximate surface area is 130 Å². The van der Waals surface area contributed by atoms with Crippen LogP contribution in [0, 0.1) is 6.92 Å². The number of ether oxygens (including phenoxy) is 1. The zero-order chi connectivity index (χ0) is 15.1. The Bertz CT molecular complexity index is 590. The highest BCUT2D eigenvalue weighted by Crippen LogP contribution is 2.20. The summed E-state index contributed by atoms with van der Waals surface area (Å²) >= 11 is 1.74. The minimum absolute atomic E-state index is 0.189. The summed E-state index contributed by atoms with van der Waals surface area (Å²) in [7, 11) is 0. The monoisotopic (exact) mass is 300 g/mol. The van der Waals surface area contributed by atoms with Crippen LogP contribution < -0.4 is 4.74 Å². The maximum Gasteiger partial charge on any atom is 0.162 e. The molecule has 0 bridgehead atoms. The molecule has 0 aromatic heterocycles. The van der Waals surface area contributed by atoms with Gasteiger partial charge in [-0.3, -0.25) is 4.79 Å². The quantitative estimate of drug-likeness (QED) is 0.419. The summed E-state index contributed by atoms with van der Waals surface area (Å²) in [6.45, 7) is 4.60. The van der Waals surface area contributed by atoms with E-state index in [1.807, 2.05) is 62.4 Å². The van der Waals surface area contributed by atoms with E-state index < -0.39 is 0 Å². The van der Waals surface area contributed by atoms with Crippen LogP contribution in [-0.4, -0.2) is 18.1 Å². The fourth-order valence-electron chi connectivity index (χ4n) is 1.97. The molecular formula is C18H20O2S. The second-order valence-corrected chi connectivity index (χ2v) is 5.93. The van der Waals surface area contributed by atoms with Gasteiger partial charge in [0.15, 0.2) is 5.78 Å². The Hall–Kier alpha value is -1.74. The Balaban J connectivity index is 1.79. The van der Waals surface area contributed by atoms with E-state index in [4.69, 9.17) is 4.74 Å². The first-order valence-electron chi connectivity index (χ1n) is 7.15. The van der Waals surface area contributed by atoms with Crippen LogP contribution in [0.4, 0.5) is 0 Å². The van der Waals surface area contributed by atoms with Gasteiger partial charge in [-0.25, -0.2) is 0 Å². The molecule has 110 valence electrons. The maximum absolute atomic E-state index is 11.5. The third-order valence-electron chi connectivity index (χ3n) is 3.20. The normalized spacial score (nSPS) is 10.4. The molecule has 21 heavy (non-hydrogen) atoms. The molecule has 0 saturated carbocycles. The molecule has 0 aliphatic rings. The Morgan fingerprint density at radius 2 is 1.81 bits per heavy atom. The van der Waals surface area contributed by atoms with Gasteiger partial charge in [0.2, 0.25) is 0 Å². The summed E-state index contributed by atoms with van der Waals surface area (Å²) < 4.78 is 5.76. The molecule has 0 unspecified atom stereocenters. The number of benzene rings is 2. The predicted molar refractivity (Wildman–Crippen MR) is 88.5 cm³/mol. The van der Waals surface area contributed by atoms with Crippen molar-refractivity contribution in [3.05, 3.63) is 59.7 Å². The Kier molecular flexibility index (Phi) is 5.88. The summed E-state index contributed by atoms with van der Waals surface area (Å²) in [4.78, 5) is 12.7. The van der Waals surface area contributed by atoms with E-state index in [2.05, 4.69) is 0 Å². The average Bonchev–Trinajstić information content (AvgIpc) is 2.53. The van der Waals surface area contributed by atoms with Crippen LogP contribution in [0.1, 0.15) is 29.3 Å². The van der Waals surface area contributed by atoms with E-state index in [0.717, 1.165) is 27.5 Å². The van der Waals surface area contributed by atoms with Gasteiger partial charge in [-0.15, -0.1) is 11.8 Å². The molecule has 0 radical (unpaired) electrons. The van der Waals surface area contributed by atoms with Crippen LogP contribution in [0.25, 0.3) is 0 Å². The van der Waals surface area contributed by atoms with Crippen LogP contribution >= 0.6 is 11.8 Å². The second-order valence-electron chi connectivity index (χ2n) is 4.76. The summed E-state index contributed by atoms with van der Waals surface area (Å²) in [5, 5.41) is 0. The van der Waals surface area contributed by atoms with Gasteiger partial charge >= 0.3 is 0 Å². The molecule has 0 aliphatic heterocycles. The van der Waals surface area contributed by atoms with Gasteiger partial charge in [0.25, 0.3) is 0 Å². The molecule has 2 aromatic carbocycles. The number of thioether (sulfide) groups is 1. The van der Waals surface area contributed by atoms with Crippen LogP contribution in [0.2, 0.25) is 0 Å². The van der Waals surface area contributed by atoms with Crippen molar-refractivity contribution in [1.82, 2.24) is 0 Å². The summed E-state index contributed by atoms with van der Waals surface area (Å²) in [5.74, 6) is 2.02. The molecule has 0 amide bonds. The molecule has 2 nitrogen and oxygen atoms in total. The number of carbonyl (C=O) groups is 1. The van der Waals surface area contributed by atoms with Crippen molar-refractivity contribution in [2.24, 2.45) is 0 Å². The van der Waals surface area contributed by atoms with Gasteiger partial charge in [0.05, 0.1) is 6.61 Å². The fraction of sp³-hybridized carbons (Fsp3) is 0.278. The minimum atomic E-state index is 0.189. The largest absolute Gasteiger partial charge is 0.492 e. The fourth-order valence-corrected chi connectivity index (χ4v) is 2.70. The van der Waals surface area contributed by atoms with Crippen LogP contribution in [-0.2, 0) is 0 Å². The van der Waals surface area contributed by atoms with E-state index in [0.29, 0.717) is 13.0 Å². The predicted octanol–water partition coefficient (Wildman–Crippen LogP) is 4.76. The molecular weight excluding hydrogens is 280 g/mol. The summed E-state index contributed by atoms with van der Waals surface area (Å²) in [5.41, 5.74) is 1.95.